The Morgan fingerprint density at radius 1 is 0.935 bits per heavy atom. The molecule has 0 aromatic carbocycles. The molecule has 2 saturated carbocycles. The van der Waals surface area contributed by atoms with Crippen LogP contribution in [0.2, 0.25) is 0 Å². The van der Waals surface area contributed by atoms with Gasteiger partial charge >= 0.3 is 0 Å². The van der Waals surface area contributed by atoms with Gasteiger partial charge in [0.2, 0.25) is 0 Å². The highest BCUT2D eigenvalue weighted by Gasteiger charge is 2.64. The zero-order valence-electron chi connectivity index (χ0n) is 22.0. The van der Waals surface area contributed by atoms with E-state index in [0.29, 0.717) is 22.5 Å². The van der Waals surface area contributed by atoms with Crippen molar-refractivity contribution in [3.63, 3.8) is 0 Å². The minimum absolute atomic E-state index is 0.101. The van der Waals surface area contributed by atoms with E-state index in [1.54, 1.807) is 5.57 Å². The van der Waals surface area contributed by atoms with Gasteiger partial charge in [-0.3, -0.25) is 4.79 Å². The van der Waals surface area contributed by atoms with Crippen LogP contribution < -0.4 is 0 Å². The molecule has 0 heterocycles. The van der Waals surface area contributed by atoms with Gasteiger partial charge in [-0.15, -0.1) is 0 Å². The SMILES string of the molecule is CC(C)CCC[C@@H](C)[C@H]1CC[C@@]2(C)C3=C(CC[C@]12C)[C@@]1(C)CCCC(C)(C)[C@@H]1CC3=O. The molecular formula is C30H50O. The Balaban J connectivity index is 1.67. The Labute approximate surface area is 193 Å². The molecule has 0 aromatic heterocycles. The molecule has 1 heteroatoms. The number of rotatable bonds is 5. The van der Waals surface area contributed by atoms with E-state index in [1.807, 2.05) is 0 Å². The van der Waals surface area contributed by atoms with Crippen LogP contribution in [0.25, 0.3) is 0 Å². The molecule has 0 bridgehead atoms. The maximum Gasteiger partial charge on any atom is 0.159 e. The van der Waals surface area contributed by atoms with Gasteiger partial charge < -0.3 is 0 Å². The molecule has 176 valence electrons. The zero-order chi connectivity index (χ0) is 22.8. The van der Waals surface area contributed by atoms with Crippen LogP contribution in [0.5, 0.6) is 0 Å². The monoisotopic (exact) mass is 426 g/mol. The first-order valence-corrected chi connectivity index (χ1v) is 13.6. The second-order valence-corrected chi connectivity index (χ2v) is 14.0. The summed E-state index contributed by atoms with van der Waals surface area (Å²) in [5.41, 5.74) is 3.92. The van der Waals surface area contributed by atoms with Crippen LogP contribution in [0.15, 0.2) is 11.1 Å². The summed E-state index contributed by atoms with van der Waals surface area (Å²) in [7, 11) is 0. The molecule has 4 aliphatic carbocycles. The van der Waals surface area contributed by atoms with Crippen molar-refractivity contribution in [1.82, 2.24) is 0 Å². The Hall–Kier alpha value is -0.590. The van der Waals surface area contributed by atoms with Crippen LogP contribution in [-0.4, -0.2) is 5.78 Å². The van der Waals surface area contributed by atoms with Crippen molar-refractivity contribution < 1.29 is 4.79 Å². The van der Waals surface area contributed by atoms with E-state index in [-0.39, 0.29) is 10.8 Å². The number of carbonyl (C=O) groups is 1. The topological polar surface area (TPSA) is 17.1 Å². The van der Waals surface area contributed by atoms with Crippen molar-refractivity contribution in [2.24, 2.45) is 45.3 Å². The van der Waals surface area contributed by atoms with Crippen molar-refractivity contribution in [1.29, 1.82) is 0 Å². The average molecular weight is 427 g/mol. The van der Waals surface area contributed by atoms with Gasteiger partial charge in [-0.05, 0) is 78.4 Å². The fourth-order valence-corrected chi connectivity index (χ4v) is 9.45. The Morgan fingerprint density at radius 3 is 2.32 bits per heavy atom. The number of fused-ring (bicyclic) bond motifs is 4. The molecule has 2 fully saturated rings. The summed E-state index contributed by atoms with van der Waals surface area (Å²) >= 11 is 0. The summed E-state index contributed by atoms with van der Waals surface area (Å²) in [6.07, 6.45) is 13.9. The molecule has 6 atom stereocenters. The first-order valence-electron chi connectivity index (χ1n) is 13.6. The Kier molecular flexibility index (Phi) is 5.88. The molecule has 0 aliphatic heterocycles. The van der Waals surface area contributed by atoms with Crippen LogP contribution in [0.1, 0.15) is 126 Å². The standard InChI is InChI=1S/C30H50O/c1-20(2)11-9-12-21(3)22-13-18-30(8)26-23(14-17-29(22,30)7)28(6)16-10-15-27(4,5)25(28)19-24(26)31/h20-22,25H,9-19H2,1-8H3/t21-,22-,25+,28-,29-,30+/m1/s1. The van der Waals surface area contributed by atoms with Gasteiger partial charge in [0.1, 0.15) is 0 Å². The molecule has 31 heavy (non-hydrogen) atoms. The number of hydrogen-bond acceptors (Lipinski definition) is 1. The normalized spacial score (nSPS) is 42.9. The molecule has 0 unspecified atom stereocenters. The number of Topliss-reactive ketones (excluding diaryl/α,β-unsaturated/α-hetero) is 1. The zero-order valence-corrected chi connectivity index (χ0v) is 22.0. The lowest BCUT2D eigenvalue weighted by Gasteiger charge is -2.60. The molecule has 0 radical (unpaired) electrons. The Morgan fingerprint density at radius 2 is 1.65 bits per heavy atom. The van der Waals surface area contributed by atoms with Gasteiger partial charge in [0.15, 0.2) is 5.78 Å². The van der Waals surface area contributed by atoms with E-state index in [4.69, 9.17) is 0 Å². The summed E-state index contributed by atoms with van der Waals surface area (Å²) in [6.45, 7) is 19.7. The minimum atomic E-state index is 0.101. The minimum Gasteiger partial charge on any atom is -0.295 e. The van der Waals surface area contributed by atoms with E-state index in [2.05, 4.69) is 55.4 Å². The lowest BCUT2D eigenvalue weighted by Crippen LogP contribution is -2.54. The second-order valence-electron chi connectivity index (χ2n) is 14.0. The van der Waals surface area contributed by atoms with Gasteiger partial charge in [0.25, 0.3) is 0 Å². The number of allylic oxidation sites excluding steroid dienone is 2. The smallest absolute Gasteiger partial charge is 0.159 e. The summed E-state index contributed by atoms with van der Waals surface area (Å²) in [6, 6.07) is 0. The third kappa shape index (κ3) is 3.42. The molecule has 0 amide bonds. The van der Waals surface area contributed by atoms with Crippen molar-refractivity contribution in [2.75, 3.05) is 0 Å². The van der Waals surface area contributed by atoms with E-state index in [0.717, 1.165) is 24.2 Å². The lowest BCUT2D eigenvalue weighted by molar-refractivity contribution is -0.126. The van der Waals surface area contributed by atoms with E-state index < -0.39 is 0 Å². The second kappa shape index (κ2) is 7.73. The first-order chi connectivity index (χ1) is 14.4. The highest BCUT2D eigenvalue weighted by molar-refractivity contribution is 5.99. The number of ketones is 1. The van der Waals surface area contributed by atoms with Crippen LogP contribution in [0.4, 0.5) is 0 Å². The third-order valence-corrected chi connectivity index (χ3v) is 11.5. The summed E-state index contributed by atoms with van der Waals surface area (Å²) in [5, 5.41) is 0. The number of hydrogen-bond donors (Lipinski definition) is 0. The van der Waals surface area contributed by atoms with Crippen LogP contribution in [-0.2, 0) is 4.79 Å². The highest BCUT2D eigenvalue weighted by atomic mass is 16.1. The molecule has 0 spiro atoms. The molecular weight excluding hydrogens is 376 g/mol. The first kappa shape index (κ1) is 23.6. The molecule has 0 saturated heterocycles. The largest absolute Gasteiger partial charge is 0.295 e. The fraction of sp³-hybridized carbons (Fsp3) is 0.900. The van der Waals surface area contributed by atoms with Gasteiger partial charge in [-0.2, -0.15) is 0 Å². The summed E-state index contributed by atoms with van der Waals surface area (Å²) < 4.78 is 0. The molecule has 1 nitrogen and oxygen atoms in total. The van der Waals surface area contributed by atoms with Crippen molar-refractivity contribution in [3.05, 3.63) is 11.1 Å². The highest BCUT2D eigenvalue weighted by Crippen LogP contribution is 2.71. The van der Waals surface area contributed by atoms with Gasteiger partial charge in [0.05, 0.1) is 0 Å². The van der Waals surface area contributed by atoms with Gasteiger partial charge in [0, 0.05) is 17.4 Å². The van der Waals surface area contributed by atoms with E-state index >= 15 is 0 Å². The van der Waals surface area contributed by atoms with E-state index in [9.17, 15) is 4.79 Å². The summed E-state index contributed by atoms with van der Waals surface area (Å²) in [4.78, 5) is 13.9. The van der Waals surface area contributed by atoms with E-state index in [1.165, 1.54) is 69.8 Å². The van der Waals surface area contributed by atoms with Gasteiger partial charge in [-0.1, -0.05) is 86.6 Å². The van der Waals surface area contributed by atoms with Crippen LogP contribution >= 0.6 is 0 Å². The molecule has 0 aromatic rings. The molecule has 4 rings (SSSR count). The molecule has 0 N–H and O–H groups in total. The lowest BCUT2D eigenvalue weighted by atomic mass is 9.43. The van der Waals surface area contributed by atoms with Gasteiger partial charge in [-0.25, -0.2) is 0 Å². The van der Waals surface area contributed by atoms with Crippen molar-refractivity contribution >= 4 is 5.78 Å². The maximum atomic E-state index is 13.9. The fourth-order valence-electron chi connectivity index (χ4n) is 9.45. The Bertz CT molecular complexity index is 756. The average Bonchev–Trinajstić information content (AvgIpc) is 2.94. The van der Waals surface area contributed by atoms with Crippen molar-refractivity contribution in [2.45, 2.75) is 126 Å². The third-order valence-electron chi connectivity index (χ3n) is 11.5. The number of carbonyl (C=O) groups excluding carboxylic acids is 1. The van der Waals surface area contributed by atoms with Crippen molar-refractivity contribution in [3.8, 4) is 0 Å². The maximum absolute atomic E-state index is 13.9. The quantitative estimate of drug-likeness (QED) is 0.429. The summed E-state index contributed by atoms with van der Waals surface area (Å²) in [5.74, 6) is 3.45. The van der Waals surface area contributed by atoms with Crippen LogP contribution in [0, 0.1) is 45.3 Å². The molecule has 4 aliphatic rings. The van der Waals surface area contributed by atoms with Crippen LogP contribution in [0.3, 0.4) is 0 Å². The predicted molar refractivity (Wildman–Crippen MR) is 132 cm³/mol. The predicted octanol–water partition coefficient (Wildman–Crippen LogP) is 8.77.